The molecule has 1 amide bonds. The van der Waals surface area contributed by atoms with Crippen LogP contribution in [0.15, 0.2) is 42.5 Å². The van der Waals surface area contributed by atoms with Crippen LogP contribution in [0.2, 0.25) is 5.02 Å². The Balaban J connectivity index is 1.44. The molecule has 1 fully saturated rings. The molecule has 0 spiro atoms. The molecule has 1 aliphatic rings. The lowest BCUT2D eigenvalue weighted by atomic mass is 10.1. The molecule has 0 bridgehead atoms. The van der Waals surface area contributed by atoms with Crippen molar-refractivity contribution in [1.29, 1.82) is 0 Å². The maximum atomic E-state index is 12.1. The summed E-state index contributed by atoms with van der Waals surface area (Å²) in [6.07, 6.45) is 4.31. The monoisotopic (exact) mass is 371 g/mol. The van der Waals surface area contributed by atoms with Gasteiger partial charge in [-0.25, -0.2) is 0 Å². The number of hydrogen-bond acceptors (Lipinski definition) is 3. The molecule has 1 saturated heterocycles. The SMILES string of the molecule is Cc1cc(Cl)ccc1NC(=O)CCNc1ccc(N2CCCCC2)cc1. The van der Waals surface area contributed by atoms with Crippen molar-refractivity contribution < 1.29 is 4.79 Å². The van der Waals surface area contributed by atoms with Gasteiger partial charge in [0.05, 0.1) is 0 Å². The molecule has 0 atom stereocenters. The number of nitrogens with zero attached hydrogens (tertiary/aromatic N) is 1. The van der Waals surface area contributed by atoms with Crippen molar-refractivity contribution in [3.8, 4) is 0 Å². The van der Waals surface area contributed by atoms with E-state index in [-0.39, 0.29) is 5.91 Å². The molecule has 1 heterocycles. The molecular formula is C21H26ClN3O. The quantitative estimate of drug-likeness (QED) is 0.744. The number of benzene rings is 2. The number of halogens is 1. The highest BCUT2D eigenvalue weighted by atomic mass is 35.5. The second kappa shape index (κ2) is 8.95. The highest BCUT2D eigenvalue weighted by Crippen LogP contribution is 2.22. The van der Waals surface area contributed by atoms with Crippen LogP contribution in [0, 0.1) is 6.92 Å². The highest BCUT2D eigenvalue weighted by molar-refractivity contribution is 6.30. The first kappa shape index (κ1) is 18.6. The Labute approximate surface area is 160 Å². The molecule has 0 aromatic heterocycles. The number of piperidine rings is 1. The molecule has 5 heteroatoms. The molecule has 4 nitrogen and oxygen atoms in total. The number of hydrogen-bond donors (Lipinski definition) is 2. The van der Waals surface area contributed by atoms with Gasteiger partial charge < -0.3 is 15.5 Å². The second-order valence-corrected chi connectivity index (χ2v) is 7.22. The van der Waals surface area contributed by atoms with E-state index in [9.17, 15) is 4.79 Å². The van der Waals surface area contributed by atoms with Crippen molar-refractivity contribution in [2.24, 2.45) is 0 Å². The van der Waals surface area contributed by atoms with Gasteiger partial charge in [0.15, 0.2) is 0 Å². The minimum Gasteiger partial charge on any atom is -0.385 e. The van der Waals surface area contributed by atoms with E-state index < -0.39 is 0 Å². The predicted molar refractivity (Wildman–Crippen MR) is 110 cm³/mol. The molecular weight excluding hydrogens is 346 g/mol. The molecule has 26 heavy (non-hydrogen) atoms. The minimum absolute atomic E-state index is 0.00661. The van der Waals surface area contributed by atoms with Gasteiger partial charge >= 0.3 is 0 Å². The van der Waals surface area contributed by atoms with E-state index in [4.69, 9.17) is 11.6 Å². The number of aryl methyl sites for hydroxylation is 1. The summed E-state index contributed by atoms with van der Waals surface area (Å²) in [5, 5.41) is 6.92. The molecule has 3 rings (SSSR count). The standard InChI is InChI=1S/C21H26ClN3O/c1-16-15-17(22)5-10-20(16)24-21(26)11-12-23-18-6-8-19(9-7-18)25-13-3-2-4-14-25/h5-10,15,23H,2-4,11-14H2,1H3,(H,24,26). The van der Waals surface area contributed by atoms with Gasteiger partial charge in [-0.05, 0) is 74.2 Å². The van der Waals surface area contributed by atoms with Gasteiger partial charge in [-0.15, -0.1) is 0 Å². The Bertz CT molecular complexity index is 739. The number of amides is 1. The Morgan fingerprint density at radius 1 is 1.08 bits per heavy atom. The number of nitrogens with one attached hydrogen (secondary N) is 2. The van der Waals surface area contributed by atoms with E-state index in [1.807, 2.05) is 19.1 Å². The fraction of sp³-hybridized carbons (Fsp3) is 0.381. The van der Waals surface area contributed by atoms with E-state index in [1.54, 1.807) is 6.07 Å². The summed E-state index contributed by atoms with van der Waals surface area (Å²) in [5.74, 6) is -0.00661. The summed E-state index contributed by atoms with van der Waals surface area (Å²) in [4.78, 5) is 14.5. The average molecular weight is 372 g/mol. The second-order valence-electron chi connectivity index (χ2n) is 6.78. The Hall–Kier alpha value is -2.20. The van der Waals surface area contributed by atoms with Crippen LogP contribution < -0.4 is 15.5 Å². The maximum absolute atomic E-state index is 12.1. The van der Waals surface area contributed by atoms with Gasteiger partial charge in [-0.3, -0.25) is 4.79 Å². The minimum atomic E-state index is -0.00661. The van der Waals surface area contributed by atoms with Crippen LogP contribution in [-0.4, -0.2) is 25.5 Å². The first-order chi connectivity index (χ1) is 12.6. The molecule has 138 valence electrons. The van der Waals surface area contributed by atoms with Crippen LogP contribution in [0.4, 0.5) is 17.1 Å². The highest BCUT2D eigenvalue weighted by Gasteiger charge is 2.10. The topological polar surface area (TPSA) is 44.4 Å². The van der Waals surface area contributed by atoms with Crippen molar-refractivity contribution in [1.82, 2.24) is 0 Å². The maximum Gasteiger partial charge on any atom is 0.226 e. The van der Waals surface area contributed by atoms with Crippen molar-refractivity contribution >= 4 is 34.6 Å². The number of carbonyl (C=O) groups is 1. The van der Waals surface area contributed by atoms with Crippen molar-refractivity contribution in [2.45, 2.75) is 32.6 Å². The zero-order valence-electron chi connectivity index (χ0n) is 15.2. The molecule has 0 unspecified atom stereocenters. The molecule has 0 aliphatic carbocycles. The first-order valence-corrected chi connectivity index (χ1v) is 9.64. The van der Waals surface area contributed by atoms with Crippen LogP contribution in [0.5, 0.6) is 0 Å². The number of rotatable bonds is 6. The van der Waals surface area contributed by atoms with Crippen molar-refractivity contribution in [3.05, 3.63) is 53.1 Å². The van der Waals surface area contributed by atoms with E-state index in [1.165, 1.54) is 24.9 Å². The van der Waals surface area contributed by atoms with Crippen LogP contribution in [-0.2, 0) is 4.79 Å². The molecule has 2 aromatic rings. The average Bonchev–Trinajstić information content (AvgIpc) is 2.65. The Kier molecular flexibility index (Phi) is 6.40. The molecule has 0 saturated carbocycles. The third-order valence-corrected chi connectivity index (χ3v) is 4.97. The predicted octanol–water partition coefficient (Wildman–Crippen LogP) is 5.08. The van der Waals surface area contributed by atoms with Gasteiger partial charge in [0.25, 0.3) is 0 Å². The zero-order valence-corrected chi connectivity index (χ0v) is 16.0. The van der Waals surface area contributed by atoms with Crippen molar-refractivity contribution in [3.63, 3.8) is 0 Å². The van der Waals surface area contributed by atoms with Gasteiger partial charge in [0.1, 0.15) is 0 Å². The smallest absolute Gasteiger partial charge is 0.226 e. The Morgan fingerprint density at radius 3 is 2.50 bits per heavy atom. The number of carbonyl (C=O) groups excluding carboxylic acids is 1. The summed E-state index contributed by atoms with van der Waals surface area (Å²) in [6, 6.07) is 14.0. The lowest BCUT2D eigenvalue weighted by molar-refractivity contribution is -0.115. The molecule has 1 aliphatic heterocycles. The lowest BCUT2D eigenvalue weighted by Crippen LogP contribution is -2.29. The summed E-state index contributed by atoms with van der Waals surface area (Å²) in [5.41, 5.74) is 4.10. The third kappa shape index (κ3) is 5.15. The Morgan fingerprint density at radius 2 is 1.81 bits per heavy atom. The van der Waals surface area contributed by atoms with Gasteiger partial charge in [0, 0.05) is 48.1 Å². The normalized spacial score (nSPS) is 14.2. The summed E-state index contributed by atoms with van der Waals surface area (Å²) < 4.78 is 0. The third-order valence-electron chi connectivity index (χ3n) is 4.73. The first-order valence-electron chi connectivity index (χ1n) is 9.27. The van der Waals surface area contributed by atoms with E-state index in [2.05, 4.69) is 39.8 Å². The summed E-state index contributed by atoms with van der Waals surface area (Å²) in [7, 11) is 0. The van der Waals surface area contributed by atoms with E-state index in [0.29, 0.717) is 18.0 Å². The van der Waals surface area contributed by atoms with Gasteiger partial charge in [-0.2, -0.15) is 0 Å². The van der Waals surface area contributed by atoms with Crippen molar-refractivity contribution in [2.75, 3.05) is 35.2 Å². The van der Waals surface area contributed by atoms with E-state index in [0.717, 1.165) is 30.0 Å². The number of anilines is 3. The van der Waals surface area contributed by atoms with Crippen LogP contribution in [0.1, 0.15) is 31.2 Å². The molecule has 2 aromatic carbocycles. The fourth-order valence-electron chi connectivity index (χ4n) is 3.24. The fourth-order valence-corrected chi connectivity index (χ4v) is 3.47. The van der Waals surface area contributed by atoms with Crippen LogP contribution >= 0.6 is 11.6 Å². The van der Waals surface area contributed by atoms with Gasteiger partial charge in [-0.1, -0.05) is 11.6 Å². The van der Waals surface area contributed by atoms with Crippen LogP contribution in [0.3, 0.4) is 0 Å². The van der Waals surface area contributed by atoms with E-state index >= 15 is 0 Å². The zero-order chi connectivity index (χ0) is 18.4. The van der Waals surface area contributed by atoms with Crippen LogP contribution in [0.25, 0.3) is 0 Å². The molecule has 0 radical (unpaired) electrons. The lowest BCUT2D eigenvalue weighted by Gasteiger charge is -2.28. The summed E-state index contributed by atoms with van der Waals surface area (Å²) >= 11 is 5.94. The molecule has 2 N–H and O–H groups in total. The van der Waals surface area contributed by atoms with Gasteiger partial charge in [0.2, 0.25) is 5.91 Å². The summed E-state index contributed by atoms with van der Waals surface area (Å²) in [6.45, 7) is 4.83. The largest absolute Gasteiger partial charge is 0.385 e.